The summed E-state index contributed by atoms with van der Waals surface area (Å²) in [6, 6.07) is 7.41. The van der Waals surface area contributed by atoms with Crippen molar-refractivity contribution < 1.29 is 13.9 Å². The molecule has 3 heterocycles. The lowest BCUT2D eigenvalue weighted by molar-refractivity contribution is 0.0732. The highest BCUT2D eigenvalue weighted by Crippen LogP contribution is 2.22. The normalized spacial score (nSPS) is 13.5. The lowest BCUT2D eigenvalue weighted by Gasteiger charge is -2.28. The first-order chi connectivity index (χ1) is 13.0. The molecule has 3 aromatic rings. The van der Waals surface area contributed by atoms with E-state index in [1.807, 2.05) is 0 Å². The minimum atomic E-state index is -0.608. The number of ether oxygens (including phenoxy) is 1. The van der Waals surface area contributed by atoms with E-state index in [0.717, 1.165) is 6.07 Å². The van der Waals surface area contributed by atoms with Crippen molar-refractivity contribution in [1.29, 1.82) is 0 Å². The van der Waals surface area contributed by atoms with E-state index in [-0.39, 0.29) is 29.3 Å². The Kier molecular flexibility index (Phi) is 4.31. The van der Waals surface area contributed by atoms with Gasteiger partial charge in [-0.05, 0) is 30.3 Å². The highest BCUT2D eigenvalue weighted by atomic mass is 35.5. The summed E-state index contributed by atoms with van der Waals surface area (Å²) in [6.07, 6.45) is 1.96. The fourth-order valence-electron chi connectivity index (χ4n) is 3.23. The van der Waals surface area contributed by atoms with Gasteiger partial charge in [0.2, 0.25) is 0 Å². The molecule has 2 aromatic heterocycles. The summed E-state index contributed by atoms with van der Waals surface area (Å²) in [5.74, 6) is -0.887. The van der Waals surface area contributed by atoms with Crippen LogP contribution < -0.4 is 10.3 Å². The number of fused-ring (bicyclic) bond motifs is 2. The van der Waals surface area contributed by atoms with Gasteiger partial charge in [0.15, 0.2) is 11.6 Å². The van der Waals surface area contributed by atoms with Crippen LogP contribution >= 0.6 is 11.6 Å². The van der Waals surface area contributed by atoms with Crippen LogP contribution in [0.5, 0.6) is 5.75 Å². The topological polar surface area (TPSA) is 63.9 Å². The molecule has 27 heavy (non-hydrogen) atoms. The Morgan fingerprint density at radius 3 is 2.85 bits per heavy atom. The predicted molar refractivity (Wildman–Crippen MR) is 97.9 cm³/mol. The van der Waals surface area contributed by atoms with Crippen molar-refractivity contribution in [3.63, 3.8) is 0 Å². The van der Waals surface area contributed by atoms with Crippen LogP contribution in [0.15, 0.2) is 41.3 Å². The number of carbonyl (C=O) groups is 1. The third-order valence-electron chi connectivity index (χ3n) is 4.62. The molecule has 1 aromatic carbocycles. The fraction of sp³-hybridized carbons (Fsp3) is 0.211. The molecule has 0 radical (unpaired) electrons. The molecule has 0 unspecified atom stereocenters. The second kappa shape index (κ2) is 6.66. The molecule has 0 saturated carbocycles. The molecule has 0 saturated heterocycles. The molecule has 6 nitrogen and oxygen atoms in total. The largest absolute Gasteiger partial charge is 0.494 e. The Morgan fingerprint density at radius 1 is 1.30 bits per heavy atom. The zero-order chi connectivity index (χ0) is 19.1. The van der Waals surface area contributed by atoms with Gasteiger partial charge in [-0.2, -0.15) is 0 Å². The minimum Gasteiger partial charge on any atom is -0.494 e. The van der Waals surface area contributed by atoms with Gasteiger partial charge in [0.25, 0.3) is 11.5 Å². The highest BCUT2D eigenvalue weighted by molar-refractivity contribution is 6.30. The summed E-state index contributed by atoms with van der Waals surface area (Å²) in [6.45, 7) is 0.513. The molecular weight excluding hydrogens is 373 g/mol. The highest BCUT2D eigenvalue weighted by Gasteiger charge is 2.26. The van der Waals surface area contributed by atoms with Crippen LogP contribution in [0.4, 0.5) is 4.39 Å². The zero-order valence-electron chi connectivity index (χ0n) is 14.4. The van der Waals surface area contributed by atoms with Crippen LogP contribution in [0.2, 0.25) is 5.02 Å². The standard InChI is InChI=1S/C19H15ClFN3O3/c1-27-16-4-2-11(8-14(16)21)18(25)23-7-6-15-13(10-23)19(26)24-9-12(20)3-5-17(24)22-15/h2-5,8-9H,6-7,10H2,1H3. The molecule has 0 atom stereocenters. The van der Waals surface area contributed by atoms with E-state index >= 15 is 0 Å². The average Bonchev–Trinajstić information content (AvgIpc) is 2.68. The van der Waals surface area contributed by atoms with Crippen molar-refractivity contribution in [3.05, 3.63) is 74.5 Å². The Morgan fingerprint density at radius 2 is 2.11 bits per heavy atom. The summed E-state index contributed by atoms with van der Waals surface area (Å²) in [5, 5.41) is 0.420. The van der Waals surface area contributed by atoms with E-state index < -0.39 is 5.82 Å². The lowest BCUT2D eigenvalue weighted by Crippen LogP contribution is -2.40. The summed E-state index contributed by atoms with van der Waals surface area (Å²) in [4.78, 5) is 31.6. The smallest absolute Gasteiger partial charge is 0.263 e. The number of halogens is 2. The quantitative estimate of drug-likeness (QED) is 0.678. The van der Waals surface area contributed by atoms with E-state index in [0.29, 0.717) is 34.9 Å². The molecule has 0 aliphatic carbocycles. The number of benzene rings is 1. The summed E-state index contributed by atoms with van der Waals surface area (Å²) in [7, 11) is 1.36. The third kappa shape index (κ3) is 3.04. The van der Waals surface area contributed by atoms with Crippen LogP contribution in [0, 0.1) is 5.82 Å². The summed E-state index contributed by atoms with van der Waals surface area (Å²) >= 11 is 5.97. The van der Waals surface area contributed by atoms with Crippen molar-refractivity contribution in [2.24, 2.45) is 0 Å². The Bertz CT molecular complexity index is 1130. The van der Waals surface area contributed by atoms with Crippen molar-refractivity contribution in [1.82, 2.24) is 14.3 Å². The number of amides is 1. The average molecular weight is 388 g/mol. The van der Waals surface area contributed by atoms with E-state index in [4.69, 9.17) is 16.3 Å². The maximum absolute atomic E-state index is 13.9. The molecule has 8 heteroatoms. The van der Waals surface area contributed by atoms with Gasteiger partial charge in [-0.3, -0.25) is 14.0 Å². The number of hydrogen-bond donors (Lipinski definition) is 0. The van der Waals surface area contributed by atoms with Crippen LogP contribution in [0.25, 0.3) is 5.65 Å². The number of nitrogens with zero attached hydrogens (tertiary/aromatic N) is 3. The van der Waals surface area contributed by atoms with E-state index in [1.165, 1.54) is 34.7 Å². The number of carbonyl (C=O) groups excluding carboxylic acids is 1. The Hall–Kier alpha value is -2.93. The van der Waals surface area contributed by atoms with Gasteiger partial charge in [-0.15, -0.1) is 0 Å². The molecule has 1 amide bonds. The SMILES string of the molecule is COc1ccc(C(=O)N2CCc3nc4ccc(Cl)cn4c(=O)c3C2)cc1F. The molecule has 0 fully saturated rings. The molecule has 0 N–H and O–H groups in total. The molecule has 138 valence electrons. The molecule has 0 bridgehead atoms. The van der Waals surface area contributed by atoms with Crippen molar-refractivity contribution in [2.75, 3.05) is 13.7 Å². The van der Waals surface area contributed by atoms with E-state index in [2.05, 4.69) is 4.98 Å². The maximum Gasteiger partial charge on any atom is 0.263 e. The zero-order valence-corrected chi connectivity index (χ0v) is 15.2. The number of rotatable bonds is 2. The minimum absolute atomic E-state index is 0.0707. The number of pyridine rings is 1. The van der Waals surface area contributed by atoms with Gasteiger partial charge < -0.3 is 9.64 Å². The van der Waals surface area contributed by atoms with E-state index in [1.54, 1.807) is 12.1 Å². The first kappa shape index (κ1) is 17.5. The Balaban J connectivity index is 1.69. The molecule has 1 aliphatic heterocycles. The van der Waals surface area contributed by atoms with Crippen LogP contribution in [-0.2, 0) is 13.0 Å². The number of aromatic nitrogens is 2. The summed E-state index contributed by atoms with van der Waals surface area (Å²) < 4.78 is 20.2. The molecule has 1 aliphatic rings. The van der Waals surface area contributed by atoms with Gasteiger partial charge in [-0.1, -0.05) is 11.6 Å². The molecule has 0 spiro atoms. The van der Waals surface area contributed by atoms with Crippen LogP contribution in [0.3, 0.4) is 0 Å². The van der Waals surface area contributed by atoms with Crippen molar-refractivity contribution >= 4 is 23.2 Å². The number of methoxy groups -OCH3 is 1. The van der Waals surface area contributed by atoms with Gasteiger partial charge >= 0.3 is 0 Å². The second-order valence-corrected chi connectivity index (χ2v) is 6.68. The maximum atomic E-state index is 13.9. The van der Waals surface area contributed by atoms with Crippen LogP contribution in [0.1, 0.15) is 21.6 Å². The van der Waals surface area contributed by atoms with Gasteiger partial charge in [0.1, 0.15) is 5.65 Å². The van der Waals surface area contributed by atoms with Gasteiger partial charge in [0, 0.05) is 24.7 Å². The Labute approximate surface area is 158 Å². The first-order valence-corrected chi connectivity index (χ1v) is 8.68. The number of hydrogen-bond acceptors (Lipinski definition) is 4. The van der Waals surface area contributed by atoms with Crippen molar-refractivity contribution in [2.45, 2.75) is 13.0 Å². The van der Waals surface area contributed by atoms with Gasteiger partial charge in [0.05, 0.1) is 29.9 Å². The first-order valence-electron chi connectivity index (χ1n) is 8.30. The second-order valence-electron chi connectivity index (χ2n) is 6.24. The lowest BCUT2D eigenvalue weighted by atomic mass is 10.1. The monoisotopic (exact) mass is 387 g/mol. The van der Waals surface area contributed by atoms with Crippen molar-refractivity contribution in [3.8, 4) is 5.75 Å². The van der Waals surface area contributed by atoms with Crippen LogP contribution in [-0.4, -0.2) is 33.8 Å². The third-order valence-corrected chi connectivity index (χ3v) is 4.84. The van der Waals surface area contributed by atoms with E-state index in [9.17, 15) is 14.0 Å². The summed E-state index contributed by atoms with van der Waals surface area (Å²) in [5.41, 5.74) is 1.58. The molecule has 4 rings (SSSR count). The predicted octanol–water partition coefficient (Wildman–Crippen LogP) is 2.69. The fourth-order valence-corrected chi connectivity index (χ4v) is 3.39. The van der Waals surface area contributed by atoms with Gasteiger partial charge in [-0.25, -0.2) is 9.37 Å². The molecular formula is C19H15ClFN3O3.